The van der Waals surface area contributed by atoms with Crippen molar-refractivity contribution in [2.75, 3.05) is 5.75 Å². The summed E-state index contributed by atoms with van der Waals surface area (Å²) in [5, 5.41) is 29.5. The summed E-state index contributed by atoms with van der Waals surface area (Å²) in [7, 11) is 1.83. The van der Waals surface area contributed by atoms with E-state index in [1.165, 1.54) is 11.8 Å². The highest BCUT2D eigenvalue weighted by molar-refractivity contribution is 7.99. The van der Waals surface area contributed by atoms with Crippen LogP contribution in [0.1, 0.15) is 17.2 Å². The maximum Gasteiger partial charge on any atom is 0.196 e. The average molecular weight is 417 g/mol. The van der Waals surface area contributed by atoms with E-state index in [1.54, 1.807) is 0 Å². The third-order valence-corrected chi connectivity index (χ3v) is 5.84. The zero-order valence-corrected chi connectivity index (χ0v) is 17.7. The molecule has 1 N–H and O–H groups in total. The van der Waals surface area contributed by atoms with Gasteiger partial charge in [0.2, 0.25) is 0 Å². The molecule has 8 heteroatoms. The molecule has 0 saturated carbocycles. The Morgan fingerprint density at radius 1 is 1.10 bits per heavy atom. The van der Waals surface area contributed by atoms with Crippen LogP contribution in [0.2, 0.25) is 0 Å². The van der Waals surface area contributed by atoms with Crippen molar-refractivity contribution in [3.63, 3.8) is 0 Å². The van der Waals surface area contributed by atoms with Gasteiger partial charge in [-0.25, -0.2) is 4.98 Å². The van der Waals surface area contributed by atoms with Gasteiger partial charge in [0.1, 0.15) is 23.2 Å². The number of nitrogens with zero attached hydrogens (tertiary/aromatic N) is 6. The maximum atomic E-state index is 10.7. The van der Waals surface area contributed by atoms with Gasteiger partial charge in [-0.1, -0.05) is 42.1 Å². The minimum atomic E-state index is -0.0436. The van der Waals surface area contributed by atoms with Crippen LogP contribution < -0.4 is 0 Å². The number of para-hydroxylation sites is 3. The fraction of sp³-hybridized carbons (Fsp3) is 0.182. The van der Waals surface area contributed by atoms with E-state index in [-0.39, 0.29) is 17.1 Å². The molecule has 0 aliphatic rings. The number of aryl methyl sites for hydroxylation is 3. The Labute approximate surface area is 178 Å². The lowest BCUT2D eigenvalue weighted by molar-refractivity contribution is 0.420. The Balaban J connectivity index is 1.67. The van der Waals surface area contributed by atoms with Crippen molar-refractivity contribution in [2.45, 2.75) is 19.0 Å². The third-order valence-electron chi connectivity index (χ3n) is 4.90. The second-order valence-corrected chi connectivity index (χ2v) is 7.80. The first-order valence-electron chi connectivity index (χ1n) is 9.36. The number of thioether (sulfide) groups is 1. The van der Waals surface area contributed by atoms with E-state index in [9.17, 15) is 10.4 Å². The summed E-state index contributed by atoms with van der Waals surface area (Å²) in [4.78, 5) is 4.52. The number of rotatable bonds is 5. The second kappa shape index (κ2) is 8.05. The molecule has 0 atom stereocenters. The van der Waals surface area contributed by atoms with Crippen LogP contribution in [0, 0.1) is 25.2 Å². The van der Waals surface area contributed by atoms with E-state index in [1.807, 2.05) is 78.6 Å². The lowest BCUT2D eigenvalue weighted by Crippen LogP contribution is -2.03. The molecule has 2 heterocycles. The van der Waals surface area contributed by atoms with Crippen molar-refractivity contribution in [3.05, 3.63) is 71.5 Å². The van der Waals surface area contributed by atoms with Crippen LogP contribution in [0.5, 0.6) is 0 Å². The highest BCUT2D eigenvalue weighted by atomic mass is 32.2. The summed E-state index contributed by atoms with van der Waals surface area (Å²) in [6.45, 7) is 3.92. The van der Waals surface area contributed by atoms with Crippen molar-refractivity contribution in [2.24, 2.45) is 7.05 Å². The molecule has 0 amide bonds. The van der Waals surface area contributed by atoms with Crippen molar-refractivity contribution in [1.29, 1.82) is 5.26 Å². The number of hydrogen-bond acceptors (Lipinski definition) is 6. The highest BCUT2D eigenvalue weighted by Gasteiger charge is 2.18. The lowest BCUT2D eigenvalue weighted by atomic mass is 10.2. The Hall–Kier alpha value is -3.57. The Morgan fingerprint density at radius 3 is 2.57 bits per heavy atom. The topological polar surface area (TPSA) is 92.5 Å². The fourth-order valence-electron chi connectivity index (χ4n) is 3.35. The molecular formula is C22H20N6OS. The third kappa shape index (κ3) is 3.44. The van der Waals surface area contributed by atoms with Crippen LogP contribution in [0.25, 0.3) is 22.3 Å². The van der Waals surface area contributed by atoms with Crippen molar-refractivity contribution < 1.29 is 5.11 Å². The molecule has 30 heavy (non-hydrogen) atoms. The maximum absolute atomic E-state index is 10.7. The molecule has 0 fully saturated rings. The van der Waals surface area contributed by atoms with Gasteiger partial charge in [-0.2, -0.15) is 5.26 Å². The molecular weight excluding hydrogens is 396 g/mol. The quantitative estimate of drug-likeness (QED) is 0.295. The van der Waals surface area contributed by atoms with Crippen LogP contribution in [-0.4, -0.2) is 35.2 Å². The number of fused-ring (bicyclic) bond motifs is 1. The zero-order valence-electron chi connectivity index (χ0n) is 16.9. The normalized spacial score (nSPS) is 12.1. The van der Waals surface area contributed by atoms with Crippen LogP contribution in [0.3, 0.4) is 0 Å². The van der Waals surface area contributed by atoms with Gasteiger partial charge in [0, 0.05) is 7.05 Å². The number of nitriles is 1. The summed E-state index contributed by atoms with van der Waals surface area (Å²) >= 11 is 1.32. The summed E-state index contributed by atoms with van der Waals surface area (Å²) in [6, 6.07) is 17.7. The Morgan fingerprint density at radius 2 is 1.83 bits per heavy atom. The number of aliphatic hydroxyl groups excluding tert-OH is 1. The number of allylic oxidation sites excluding steroid dienone is 1. The van der Waals surface area contributed by atoms with E-state index in [4.69, 9.17) is 0 Å². The highest BCUT2D eigenvalue weighted by Crippen LogP contribution is 2.28. The Bertz CT molecular complexity index is 1310. The molecule has 4 rings (SSSR count). The van der Waals surface area contributed by atoms with E-state index < -0.39 is 0 Å². The van der Waals surface area contributed by atoms with Gasteiger partial charge in [0.25, 0.3) is 0 Å². The molecule has 0 aliphatic carbocycles. The molecule has 0 bridgehead atoms. The Kier molecular flexibility index (Phi) is 5.29. The predicted octanol–water partition coefficient (Wildman–Crippen LogP) is 4.36. The molecule has 0 spiro atoms. The van der Waals surface area contributed by atoms with Gasteiger partial charge in [-0.3, -0.25) is 4.57 Å². The largest absolute Gasteiger partial charge is 0.510 e. The number of benzene rings is 2. The summed E-state index contributed by atoms with van der Waals surface area (Å²) in [5.41, 5.74) is 3.91. The number of aliphatic hydroxyl groups is 1. The smallest absolute Gasteiger partial charge is 0.196 e. The van der Waals surface area contributed by atoms with Gasteiger partial charge in [0.15, 0.2) is 11.0 Å². The first-order valence-corrected chi connectivity index (χ1v) is 10.3. The van der Waals surface area contributed by atoms with Crippen LogP contribution in [0.15, 0.2) is 59.4 Å². The van der Waals surface area contributed by atoms with Gasteiger partial charge in [-0.05, 0) is 37.6 Å². The van der Waals surface area contributed by atoms with Gasteiger partial charge in [-0.15, -0.1) is 10.2 Å². The first kappa shape index (κ1) is 19.7. The van der Waals surface area contributed by atoms with Gasteiger partial charge in [0.05, 0.1) is 22.5 Å². The monoisotopic (exact) mass is 416 g/mol. The fourth-order valence-corrected chi connectivity index (χ4v) is 4.21. The summed E-state index contributed by atoms with van der Waals surface area (Å²) in [6.07, 6.45) is 0. The number of imidazole rings is 1. The number of aromatic nitrogens is 5. The summed E-state index contributed by atoms with van der Waals surface area (Å²) < 4.78 is 3.77. The standard InChI is InChI=1S/C22H20N6OS/c1-14-8-4-6-10-18(14)28-15(2)25-26-22(28)30-13-20(29)16(12-23)21-24-17-9-5-7-11-19(17)27(21)3/h4-11,29H,13H2,1-3H3/b20-16-. The van der Waals surface area contributed by atoms with Crippen molar-refractivity contribution in [1.82, 2.24) is 24.3 Å². The molecule has 2 aromatic carbocycles. The van der Waals surface area contributed by atoms with E-state index in [2.05, 4.69) is 21.3 Å². The average Bonchev–Trinajstić information content (AvgIpc) is 3.28. The van der Waals surface area contributed by atoms with Crippen LogP contribution >= 0.6 is 11.8 Å². The minimum absolute atomic E-state index is 0.0436. The van der Waals surface area contributed by atoms with Crippen LogP contribution in [-0.2, 0) is 7.05 Å². The van der Waals surface area contributed by atoms with Gasteiger partial charge < -0.3 is 9.67 Å². The molecule has 0 radical (unpaired) electrons. The number of hydrogen-bond donors (Lipinski definition) is 1. The molecule has 150 valence electrons. The SMILES string of the molecule is Cc1ccccc1-n1c(C)nnc1SC/C(O)=C(\C#N)c1nc2ccccc2n1C. The van der Waals surface area contributed by atoms with E-state index in [0.29, 0.717) is 11.0 Å². The predicted molar refractivity (Wildman–Crippen MR) is 117 cm³/mol. The van der Waals surface area contributed by atoms with E-state index >= 15 is 0 Å². The molecule has 0 aliphatic heterocycles. The van der Waals surface area contributed by atoms with Crippen molar-refractivity contribution in [3.8, 4) is 11.8 Å². The van der Waals surface area contributed by atoms with Crippen molar-refractivity contribution >= 4 is 28.4 Å². The molecule has 7 nitrogen and oxygen atoms in total. The molecule has 2 aromatic heterocycles. The molecule has 4 aromatic rings. The minimum Gasteiger partial charge on any atom is -0.510 e. The molecule has 0 saturated heterocycles. The summed E-state index contributed by atoms with van der Waals surface area (Å²) in [5.74, 6) is 1.33. The van der Waals surface area contributed by atoms with Crippen LogP contribution in [0.4, 0.5) is 0 Å². The lowest BCUT2D eigenvalue weighted by Gasteiger charge is -2.11. The molecule has 0 unspecified atom stereocenters. The second-order valence-electron chi connectivity index (χ2n) is 6.86. The first-order chi connectivity index (χ1) is 14.5. The van der Waals surface area contributed by atoms with Gasteiger partial charge >= 0.3 is 0 Å². The van der Waals surface area contributed by atoms with E-state index in [0.717, 1.165) is 28.1 Å². The zero-order chi connectivity index (χ0) is 21.3.